The first-order valence-electron chi connectivity index (χ1n) is 3.61. The van der Waals surface area contributed by atoms with Gasteiger partial charge in [0.2, 0.25) is 0 Å². The molecule has 0 unspecified atom stereocenters. The molecule has 0 aromatic rings. The number of aliphatic carboxylic acids is 1. The van der Waals surface area contributed by atoms with Crippen molar-refractivity contribution < 1.29 is 19.4 Å². The largest absolute Gasteiger partial charge is 0.481 e. The van der Waals surface area contributed by atoms with Crippen molar-refractivity contribution in [3.63, 3.8) is 0 Å². The van der Waals surface area contributed by atoms with Gasteiger partial charge in [0, 0.05) is 7.11 Å². The minimum atomic E-state index is -0.778. The second kappa shape index (κ2) is 3.69. The van der Waals surface area contributed by atoms with Crippen LogP contribution in [0.3, 0.4) is 0 Å². The highest BCUT2D eigenvalue weighted by atomic mass is 16.7. The molecule has 1 aliphatic rings. The van der Waals surface area contributed by atoms with Crippen LogP contribution < -0.4 is 0 Å². The number of carbonyl (C=O) groups is 1. The Morgan fingerprint density at radius 2 is 2.36 bits per heavy atom. The molecule has 0 saturated carbocycles. The molecule has 0 aliphatic carbocycles. The number of methoxy groups -OCH3 is 1. The molecule has 1 heterocycles. The fourth-order valence-electron chi connectivity index (χ4n) is 1.11. The lowest BCUT2D eigenvalue weighted by atomic mass is 10.0. The maximum Gasteiger partial charge on any atom is 0.308 e. The molecular formula is C7H12O4. The van der Waals surface area contributed by atoms with Crippen molar-refractivity contribution in [2.45, 2.75) is 19.1 Å². The van der Waals surface area contributed by atoms with Crippen LogP contribution in [0.4, 0.5) is 0 Å². The molecule has 0 bridgehead atoms. The lowest BCUT2D eigenvalue weighted by Crippen LogP contribution is -2.31. The van der Waals surface area contributed by atoms with E-state index in [0.29, 0.717) is 12.8 Å². The van der Waals surface area contributed by atoms with Crippen LogP contribution in [0.1, 0.15) is 12.8 Å². The topological polar surface area (TPSA) is 55.8 Å². The molecule has 64 valence electrons. The Balaban J connectivity index is 2.30. The quantitative estimate of drug-likeness (QED) is 0.638. The zero-order valence-corrected chi connectivity index (χ0v) is 6.45. The van der Waals surface area contributed by atoms with Crippen molar-refractivity contribution in [2.24, 2.45) is 5.92 Å². The SMILES string of the molecule is CO[C@@H]1CC[C@H](C(=O)O)CO1. The van der Waals surface area contributed by atoms with Gasteiger partial charge in [-0.05, 0) is 12.8 Å². The van der Waals surface area contributed by atoms with Crippen LogP contribution >= 0.6 is 0 Å². The summed E-state index contributed by atoms with van der Waals surface area (Å²) in [4.78, 5) is 10.4. The van der Waals surface area contributed by atoms with Gasteiger partial charge in [-0.2, -0.15) is 0 Å². The summed E-state index contributed by atoms with van der Waals surface area (Å²) in [5.74, 6) is -1.12. The minimum absolute atomic E-state index is 0.203. The van der Waals surface area contributed by atoms with Crippen molar-refractivity contribution in [1.29, 1.82) is 0 Å². The zero-order chi connectivity index (χ0) is 8.27. The molecule has 0 amide bonds. The predicted molar refractivity (Wildman–Crippen MR) is 37.1 cm³/mol. The summed E-state index contributed by atoms with van der Waals surface area (Å²) in [6.45, 7) is 0.272. The van der Waals surface area contributed by atoms with Crippen molar-refractivity contribution in [3.8, 4) is 0 Å². The molecule has 4 nitrogen and oxygen atoms in total. The lowest BCUT2D eigenvalue weighted by molar-refractivity contribution is -0.174. The van der Waals surface area contributed by atoms with Crippen LogP contribution in [0, 0.1) is 5.92 Å². The molecule has 1 rings (SSSR count). The van der Waals surface area contributed by atoms with Crippen LogP contribution in [0.15, 0.2) is 0 Å². The summed E-state index contributed by atoms with van der Waals surface area (Å²) in [7, 11) is 1.56. The summed E-state index contributed by atoms with van der Waals surface area (Å²) in [5, 5.41) is 8.58. The first kappa shape index (κ1) is 8.49. The van der Waals surface area contributed by atoms with Gasteiger partial charge in [-0.3, -0.25) is 4.79 Å². The Kier molecular flexibility index (Phi) is 2.84. The monoisotopic (exact) mass is 160 g/mol. The summed E-state index contributed by atoms with van der Waals surface area (Å²) >= 11 is 0. The molecule has 1 saturated heterocycles. The number of ether oxygens (including phenoxy) is 2. The van der Waals surface area contributed by atoms with Crippen LogP contribution in [0.5, 0.6) is 0 Å². The molecule has 1 aliphatic heterocycles. The number of carboxylic acids is 1. The van der Waals surface area contributed by atoms with Gasteiger partial charge in [-0.15, -0.1) is 0 Å². The summed E-state index contributed by atoms with van der Waals surface area (Å²) in [6.07, 6.45) is 1.12. The predicted octanol–water partition coefficient (Wildman–Crippen LogP) is 0.470. The van der Waals surface area contributed by atoms with E-state index in [4.69, 9.17) is 14.6 Å². The molecule has 0 radical (unpaired) electrons. The maximum atomic E-state index is 10.4. The molecule has 0 aromatic carbocycles. The Hall–Kier alpha value is -0.610. The normalized spacial score (nSPS) is 31.7. The fraction of sp³-hybridized carbons (Fsp3) is 0.857. The molecule has 1 N–H and O–H groups in total. The van der Waals surface area contributed by atoms with E-state index in [1.165, 1.54) is 0 Å². The first-order valence-corrected chi connectivity index (χ1v) is 3.61. The second-order valence-electron chi connectivity index (χ2n) is 2.61. The van der Waals surface area contributed by atoms with Gasteiger partial charge in [-0.25, -0.2) is 0 Å². The highest BCUT2D eigenvalue weighted by molar-refractivity contribution is 5.70. The molecular weight excluding hydrogens is 148 g/mol. The van der Waals surface area contributed by atoms with Gasteiger partial charge < -0.3 is 14.6 Å². The van der Waals surface area contributed by atoms with E-state index < -0.39 is 5.97 Å². The second-order valence-corrected chi connectivity index (χ2v) is 2.61. The van der Waals surface area contributed by atoms with E-state index in [1.807, 2.05) is 0 Å². The van der Waals surface area contributed by atoms with Crippen molar-refractivity contribution >= 4 is 5.97 Å². The summed E-state index contributed by atoms with van der Waals surface area (Å²) in [5.41, 5.74) is 0. The van der Waals surface area contributed by atoms with Crippen LogP contribution in [-0.4, -0.2) is 31.1 Å². The molecule has 0 spiro atoms. The first-order chi connectivity index (χ1) is 5.24. The third-order valence-electron chi connectivity index (χ3n) is 1.85. The lowest BCUT2D eigenvalue weighted by Gasteiger charge is -2.25. The smallest absolute Gasteiger partial charge is 0.308 e. The Morgan fingerprint density at radius 3 is 2.73 bits per heavy atom. The summed E-state index contributed by atoms with van der Waals surface area (Å²) in [6, 6.07) is 0. The zero-order valence-electron chi connectivity index (χ0n) is 6.45. The molecule has 0 aromatic heterocycles. The average Bonchev–Trinajstić information content (AvgIpc) is 2.05. The Bertz CT molecular complexity index is 137. The van der Waals surface area contributed by atoms with E-state index in [-0.39, 0.29) is 18.8 Å². The van der Waals surface area contributed by atoms with Gasteiger partial charge in [0.1, 0.15) is 0 Å². The van der Waals surface area contributed by atoms with Crippen LogP contribution in [0.25, 0.3) is 0 Å². The van der Waals surface area contributed by atoms with Gasteiger partial charge in [0.25, 0.3) is 0 Å². The maximum absolute atomic E-state index is 10.4. The van der Waals surface area contributed by atoms with Crippen molar-refractivity contribution in [2.75, 3.05) is 13.7 Å². The highest BCUT2D eigenvalue weighted by Gasteiger charge is 2.25. The Morgan fingerprint density at radius 1 is 1.64 bits per heavy atom. The third-order valence-corrected chi connectivity index (χ3v) is 1.85. The van der Waals surface area contributed by atoms with Crippen molar-refractivity contribution in [3.05, 3.63) is 0 Å². The molecule has 11 heavy (non-hydrogen) atoms. The molecule has 4 heteroatoms. The number of hydrogen-bond donors (Lipinski definition) is 1. The van der Waals surface area contributed by atoms with E-state index >= 15 is 0 Å². The molecule has 2 atom stereocenters. The highest BCUT2D eigenvalue weighted by Crippen LogP contribution is 2.18. The number of rotatable bonds is 2. The third kappa shape index (κ3) is 2.17. The average molecular weight is 160 g/mol. The van der Waals surface area contributed by atoms with E-state index in [0.717, 1.165) is 0 Å². The van der Waals surface area contributed by atoms with Gasteiger partial charge in [-0.1, -0.05) is 0 Å². The van der Waals surface area contributed by atoms with Crippen molar-refractivity contribution in [1.82, 2.24) is 0 Å². The Labute approximate surface area is 65.1 Å². The fourth-order valence-corrected chi connectivity index (χ4v) is 1.11. The van der Waals surface area contributed by atoms with E-state index in [2.05, 4.69) is 0 Å². The van der Waals surface area contributed by atoms with E-state index in [9.17, 15) is 4.79 Å². The van der Waals surface area contributed by atoms with Crippen LogP contribution in [-0.2, 0) is 14.3 Å². The van der Waals surface area contributed by atoms with Crippen LogP contribution in [0.2, 0.25) is 0 Å². The number of carboxylic acid groups (broad SMARTS) is 1. The molecule has 1 fully saturated rings. The summed E-state index contributed by atoms with van der Waals surface area (Å²) < 4.78 is 10.0. The van der Waals surface area contributed by atoms with Gasteiger partial charge in [0.05, 0.1) is 12.5 Å². The number of hydrogen-bond acceptors (Lipinski definition) is 3. The van der Waals surface area contributed by atoms with Gasteiger partial charge in [0.15, 0.2) is 6.29 Å². The van der Waals surface area contributed by atoms with Gasteiger partial charge >= 0.3 is 5.97 Å². The standard InChI is InChI=1S/C7H12O4/c1-10-6-3-2-5(4-11-6)7(8)9/h5-6H,2-4H2,1H3,(H,8,9)/t5-,6-/m0/s1. The minimum Gasteiger partial charge on any atom is -0.481 e. The van der Waals surface area contributed by atoms with E-state index in [1.54, 1.807) is 7.11 Å².